The van der Waals surface area contributed by atoms with Crippen LogP contribution in [0.3, 0.4) is 0 Å². The van der Waals surface area contributed by atoms with Gasteiger partial charge in [-0.15, -0.1) is 0 Å². The van der Waals surface area contributed by atoms with Gasteiger partial charge in [-0.3, -0.25) is 10.3 Å². The molecule has 0 aromatic carbocycles. The van der Waals surface area contributed by atoms with Crippen LogP contribution < -0.4 is 5.73 Å². The molecule has 2 aliphatic rings. The molecule has 0 aliphatic carbocycles. The summed E-state index contributed by atoms with van der Waals surface area (Å²) in [5.41, 5.74) is 5.53. The third-order valence-electron chi connectivity index (χ3n) is 2.97. The summed E-state index contributed by atoms with van der Waals surface area (Å²) in [7, 11) is 0. The van der Waals surface area contributed by atoms with Crippen LogP contribution in [0.25, 0.3) is 0 Å². The van der Waals surface area contributed by atoms with Crippen LogP contribution >= 0.6 is 0 Å². The quantitative estimate of drug-likeness (QED) is 0.423. The van der Waals surface area contributed by atoms with Gasteiger partial charge < -0.3 is 5.73 Å². The molecule has 0 saturated carbocycles. The zero-order chi connectivity index (χ0) is 7.84. The van der Waals surface area contributed by atoms with E-state index in [1.807, 2.05) is 0 Å². The van der Waals surface area contributed by atoms with Gasteiger partial charge in [0.1, 0.15) is 5.84 Å². The van der Waals surface area contributed by atoms with Crippen LogP contribution in [0.5, 0.6) is 0 Å². The van der Waals surface area contributed by atoms with Crippen molar-refractivity contribution in [2.75, 3.05) is 13.1 Å². The molecule has 2 saturated heterocycles. The number of nitrogens with zero attached hydrogens (tertiary/aromatic N) is 1. The first-order chi connectivity index (χ1) is 5.29. The van der Waals surface area contributed by atoms with Crippen LogP contribution in [-0.4, -0.2) is 29.9 Å². The lowest BCUT2D eigenvalue weighted by atomic mass is 9.91. The van der Waals surface area contributed by atoms with Crippen molar-refractivity contribution in [1.29, 1.82) is 5.41 Å². The maximum atomic E-state index is 7.43. The van der Waals surface area contributed by atoms with Gasteiger partial charge in [0.05, 0.1) is 6.04 Å². The smallest absolute Gasteiger partial charge is 0.109 e. The number of rotatable bonds is 1. The van der Waals surface area contributed by atoms with Crippen LogP contribution in [0.1, 0.15) is 19.3 Å². The monoisotopic (exact) mass is 153 g/mol. The zero-order valence-corrected chi connectivity index (χ0v) is 6.71. The second-order valence-corrected chi connectivity index (χ2v) is 3.63. The predicted molar refractivity (Wildman–Crippen MR) is 44.6 cm³/mol. The van der Waals surface area contributed by atoms with Gasteiger partial charge in [0, 0.05) is 0 Å². The Morgan fingerprint density at radius 1 is 1.36 bits per heavy atom. The molecule has 0 spiro atoms. The Balaban J connectivity index is 2.15. The molecule has 0 amide bonds. The van der Waals surface area contributed by atoms with E-state index in [0.717, 1.165) is 13.1 Å². The molecule has 2 aliphatic heterocycles. The first kappa shape index (κ1) is 7.10. The van der Waals surface area contributed by atoms with E-state index in [-0.39, 0.29) is 0 Å². The first-order valence-corrected chi connectivity index (χ1v) is 4.37. The lowest BCUT2D eigenvalue weighted by molar-refractivity contribution is 0.225. The van der Waals surface area contributed by atoms with Gasteiger partial charge in [-0.25, -0.2) is 0 Å². The molecular formula is C8H15N3. The molecule has 3 atom stereocenters. The second kappa shape index (κ2) is 2.48. The fourth-order valence-corrected chi connectivity index (χ4v) is 2.49. The minimum Gasteiger partial charge on any atom is -0.386 e. The largest absolute Gasteiger partial charge is 0.386 e. The van der Waals surface area contributed by atoms with E-state index >= 15 is 0 Å². The SMILES string of the molecule is N=C(N)C1C2CCCN1CC2. The van der Waals surface area contributed by atoms with Crippen molar-refractivity contribution in [2.24, 2.45) is 11.7 Å². The van der Waals surface area contributed by atoms with Crippen molar-refractivity contribution >= 4 is 5.84 Å². The van der Waals surface area contributed by atoms with Crippen molar-refractivity contribution in [3.8, 4) is 0 Å². The molecule has 3 N–H and O–H groups in total. The average Bonchev–Trinajstić information content (AvgIpc) is 2.23. The lowest BCUT2D eigenvalue weighted by Crippen LogP contribution is -2.46. The third-order valence-corrected chi connectivity index (χ3v) is 2.97. The standard InChI is InChI=1S/C8H15N3/c9-8(10)7-6-2-1-4-11(7)5-3-6/h6-7H,1-5H2,(H3,9,10). The highest BCUT2D eigenvalue weighted by Crippen LogP contribution is 2.32. The number of hydrogen-bond donors (Lipinski definition) is 2. The Kier molecular flexibility index (Phi) is 1.60. The maximum absolute atomic E-state index is 7.43. The second-order valence-electron chi connectivity index (χ2n) is 3.63. The van der Waals surface area contributed by atoms with Crippen molar-refractivity contribution in [1.82, 2.24) is 4.90 Å². The Bertz CT molecular complexity index is 162. The van der Waals surface area contributed by atoms with Crippen molar-refractivity contribution < 1.29 is 0 Å². The lowest BCUT2D eigenvalue weighted by Gasteiger charge is -2.31. The Morgan fingerprint density at radius 3 is 2.73 bits per heavy atom. The van der Waals surface area contributed by atoms with E-state index < -0.39 is 0 Å². The van der Waals surface area contributed by atoms with E-state index in [2.05, 4.69) is 4.90 Å². The normalized spacial score (nSPS) is 42.4. The average molecular weight is 153 g/mol. The van der Waals surface area contributed by atoms with Gasteiger partial charge >= 0.3 is 0 Å². The first-order valence-electron chi connectivity index (χ1n) is 4.37. The summed E-state index contributed by atoms with van der Waals surface area (Å²) < 4.78 is 0. The van der Waals surface area contributed by atoms with Gasteiger partial charge in [0.2, 0.25) is 0 Å². The van der Waals surface area contributed by atoms with Crippen LogP contribution in [0.15, 0.2) is 0 Å². The van der Waals surface area contributed by atoms with Crippen LogP contribution in [0.2, 0.25) is 0 Å². The van der Waals surface area contributed by atoms with Crippen LogP contribution in [-0.2, 0) is 0 Å². The molecule has 2 fully saturated rings. The summed E-state index contributed by atoms with van der Waals surface area (Å²) in [4.78, 5) is 2.36. The number of amidine groups is 1. The molecule has 0 aromatic heterocycles. The van der Waals surface area contributed by atoms with Gasteiger partial charge in [-0.2, -0.15) is 0 Å². The Morgan fingerprint density at radius 2 is 2.18 bits per heavy atom. The molecule has 62 valence electrons. The third kappa shape index (κ3) is 1.03. The molecule has 3 unspecified atom stereocenters. The highest BCUT2D eigenvalue weighted by molar-refractivity contribution is 5.83. The fraction of sp³-hybridized carbons (Fsp3) is 0.875. The van der Waals surface area contributed by atoms with E-state index in [1.165, 1.54) is 19.3 Å². The number of piperidine rings is 1. The van der Waals surface area contributed by atoms with Crippen molar-refractivity contribution in [3.63, 3.8) is 0 Å². The predicted octanol–water partition coefficient (Wildman–Crippen LogP) is 0.407. The molecule has 2 heterocycles. The number of hydrogen-bond acceptors (Lipinski definition) is 2. The molecule has 3 heteroatoms. The molecular weight excluding hydrogens is 138 g/mol. The summed E-state index contributed by atoms with van der Waals surface area (Å²) in [6.07, 6.45) is 3.83. The summed E-state index contributed by atoms with van der Waals surface area (Å²) in [5, 5.41) is 7.43. The Hall–Kier alpha value is -0.570. The Labute approximate surface area is 67.1 Å². The fourth-order valence-electron chi connectivity index (χ4n) is 2.49. The van der Waals surface area contributed by atoms with Gasteiger partial charge in [0.15, 0.2) is 0 Å². The number of fused-ring (bicyclic) bond motifs is 2. The van der Waals surface area contributed by atoms with E-state index in [1.54, 1.807) is 0 Å². The van der Waals surface area contributed by atoms with Gasteiger partial charge in [-0.1, -0.05) is 0 Å². The van der Waals surface area contributed by atoms with Crippen molar-refractivity contribution in [2.45, 2.75) is 25.3 Å². The maximum Gasteiger partial charge on any atom is 0.109 e. The molecule has 2 bridgehead atoms. The van der Waals surface area contributed by atoms with Gasteiger partial charge in [-0.05, 0) is 38.3 Å². The minimum atomic E-state index is 0.295. The van der Waals surface area contributed by atoms with E-state index in [4.69, 9.17) is 11.1 Å². The number of nitrogens with one attached hydrogen (secondary N) is 1. The summed E-state index contributed by atoms with van der Waals surface area (Å²) in [6.45, 7) is 2.32. The highest BCUT2D eigenvalue weighted by Gasteiger charge is 2.38. The summed E-state index contributed by atoms with van der Waals surface area (Å²) in [6, 6.07) is 0.295. The zero-order valence-electron chi connectivity index (χ0n) is 6.71. The number of nitrogens with two attached hydrogens (primary N) is 1. The molecule has 11 heavy (non-hydrogen) atoms. The van der Waals surface area contributed by atoms with Crippen LogP contribution in [0.4, 0.5) is 0 Å². The highest BCUT2D eigenvalue weighted by atomic mass is 15.2. The summed E-state index contributed by atoms with van der Waals surface area (Å²) >= 11 is 0. The van der Waals surface area contributed by atoms with E-state index in [0.29, 0.717) is 17.8 Å². The van der Waals surface area contributed by atoms with E-state index in [9.17, 15) is 0 Å². The molecule has 0 radical (unpaired) electrons. The van der Waals surface area contributed by atoms with Crippen LogP contribution in [0, 0.1) is 11.3 Å². The topological polar surface area (TPSA) is 53.1 Å². The molecule has 2 rings (SSSR count). The van der Waals surface area contributed by atoms with Crippen molar-refractivity contribution in [3.05, 3.63) is 0 Å². The van der Waals surface area contributed by atoms with Gasteiger partial charge in [0.25, 0.3) is 0 Å². The molecule has 3 nitrogen and oxygen atoms in total. The minimum absolute atomic E-state index is 0.295. The summed E-state index contributed by atoms with van der Waals surface area (Å²) in [5.74, 6) is 1.08. The molecule has 0 aromatic rings.